The summed E-state index contributed by atoms with van der Waals surface area (Å²) in [7, 11) is 0. The van der Waals surface area contributed by atoms with Crippen molar-refractivity contribution in [2.45, 2.75) is 39.3 Å². The molecule has 0 spiro atoms. The van der Waals surface area contributed by atoms with Gasteiger partial charge in [0, 0.05) is 17.3 Å². The summed E-state index contributed by atoms with van der Waals surface area (Å²) in [4.78, 5) is 36.4. The first-order valence-electron chi connectivity index (χ1n) is 6.24. The van der Waals surface area contributed by atoms with Gasteiger partial charge in [0.25, 0.3) is 0 Å². The first-order valence-corrected chi connectivity index (χ1v) is 7.12. The van der Waals surface area contributed by atoms with Gasteiger partial charge in [-0.3, -0.25) is 14.9 Å². The normalized spacial score (nSPS) is 10.3. The molecule has 3 amide bonds. The molecule has 0 fully saturated rings. The number of amides is 3. The molecule has 0 atom stereocenters. The Bertz CT molecular complexity index is 471. The molecular weight excluding hydrogens is 280 g/mol. The van der Waals surface area contributed by atoms with Crippen LogP contribution < -0.4 is 5.32 Å². The van der Waals surface area contributed by atoms with Crippen molar-refractivity contribution in [1.82, 2.24) is 10.2 Å². The predicted octanol–water partition coefficient (Wildman–Crippen LogP) is 2.06. The van der Waals surface area contributed by atoms with Gasteiger partial charge in [0.1, 0.15) is 0 Å². The van der Waals surface area contributed by atoms with Crippen LogP contribution in [0.15, 0.2) is 17.5 Å². The fourth-order valence-electron chi connectivity index (χ4n) is 1.53. The summed E-state index contributed by atoms with van der Waals surface area (Å²) < 4.78 is 0. The number of nitrogens with zero attached hydrogens (tertiary/aromatic N) is 1. The van der Waals surface area contributed by atoms with Crippen molar-refractivity contribution in [1.29, 1.82) is 0 Å². The van der Waals surface area contributed by atoms with E-state index in [1.807, 2.05) is 31.4 Å². The Hall–Kier alpha value is -1.89. The molecule has 0 aliphatic heterocycles. The number of rotatable bonds is 6. The first-order chi connectivity index (χ1) is 9.40. The zero-order chi connectivity index (χ0) is 15.1. The molecular formula is C13H18N2O4S. The SMILES string of the molecule is CC(C)N(Cc1cccs1)C(=O)NC(=O)CCC(=O)O. The maximum absolute atomic E-state index is 12.0. The van der Waals surface area contributed by atoms with Crippen molar-refractivity contribution >= 4 is 29.2 Å². The highest BCUT2D eigenvalue weighted by Gasteiger charge is 2.20. The zero-order valence-corrected chi connectivity index (χ0v) is 12.3. The number of hydrogen-bond donors (Lipinski definition) is 2. The van der Waals surface area contributed by atoms with Gasteiger partial charge >= 0.3 is 12.0 Å². The maximum atomic E-state index is 12.0. The lowest BCUT2D eigenvalue weighted by molar-refractivity contribution is -0.138. The van der Waals surface area contributed by atoms with Gasteiger partial charge in [0.2, 0.25) is 5.91 Å². The smallest absolute Gasteiger partial charge is 0.324 e. The summed E-state index contributed by atoms with van der Waals surface area (Å²) in [6, 6.07) is 3.25. The Morgan fingerprint density at radius 1 is 1.35 bits per heavy atom. The summed E-state index contributed by atoms with van der Waals surface area (Å²) in [5.74, 6) is -1.64. The molecule has 20 heavy (non-hydrogen) atoms. The van der Waals surface area contributed by atoms with Crippen molar-refractivity contribution in [3.05, 3.63) is 22.4 Å². The number of imide groups is 1. The second-order valence-electron chi connectivity index (χ2n) is 4.55. The predicted molar refractivity (Wildman–Crippen MR) is 75.4 cm³/mol. The van der Waals surface area contributed by atoms with E-state index in [4.69, 9.17) is 5.11 Å². The van der Waals surface area contributed by atoms with Crippen molar-refractivity contribution < 1.29 is 19.5 Å². The molecule has 7 heteroatoms. The Morgan fingerprint density at radius 2 is 2.05 bits per heavy atom. The van der Waals surface area contributed by atoms with Crippen LogP contribution in [0.1, 0.15) is 31.6 Å². The highest BCUT2D eigenvalue weighted by Crippen LogP contribution is 2.14. The Balaban J connectivity index is 2.56. The van der Waals surface area contributed by atoms with Crippen molar-refractivity contribution in [2.24, 2.45) is 0 Å². The molecule has 1 heterocycles. The van der Waals surface area contributed by atoms with Crippen LogP contribution in [0.3, 0.4) is 0 Å². The number of carbonyl (C=O) groups is 3. The number of carbonyl (C=O) groups excluding carboxylic acids is 2. The van der Waals surface area contributed by atoms with Crippen LogP contribution in [0.4, 0.5) is 4.79 Å². The fraction of sp³-hybridized carbons (Fsp3) is 0.462. The molecule has 2 N–H and O–H groups in total. The minimum absolute atomic E-state index is 0.0654. The number of aliphatic carboxylic acids is 1. The summed E-state index contributed by atoms with van der Waals surface area (Å²) in [6.45, 7) is 4.14. The lowest BCUT2D eigenvalue weighted by atomic mass is 10.3. The molecule has 0 saturated heterocycles. The standard InChI is InChI=1S/C13H18N2O4S/c1-9(2)15(8-10-4-3-7-20-10)13(19)14-11(16)5-6-12(17)18/h3-4,7,9H,5-6,8H2,1-2H3,(H,17,18)(H,14,16,19). The molecule has 0 unspecified atom stereocenters. The fourth-order valence-corrected chi connectivity index (χ4v) is 2.24. The largest absolute Gasteiger partial charge is 0.481 e. The molecule has 110 valence electrons. The van der Waals surface area contributed by atoms with Gasteiger partial charge in [0.15, 0.2) is 0 Å². The highest BCUT2D eigenvalue weighted by atomic mass is 32.1. The average Bonchev–Trinajstić information content (AvgIpc) is 2.85. The third-order valence-corrected chi connectivity index (χ3v) is 3.46. The van der Waals surface area contributed by atoms with Gasteiger partial charge in [-0.25, -0.2) is 4.79 Å². The maximum Gasteiger partial charge on any atom is 0.324 e. The van der Waals surface area contributed by atoms with Crippen LogP contribution in [0, 0.1) is 0 Å². The lowest BCUT2D eigenvalue weighted by Gasteiger charge is -2.26. The number of thiophene rings is 1. The van der Waals surface area contributed by atoms with E-state index in [-0.39, 0.29) is 18.9 Å². The third-order valence-electron chi connectivity index (χ3n) is 2.60. The summed E-state index contributed by atoms with van der Waals surface area (Å²) in [6.07, 6.45) is -0.488. The summed E-state index contributed by atoms with van der Waals surface area (Å²) in [5.41, 5.74) is 0. The molecule has 0 saturated carbocycles. The molecule has 0 aliphatic carbocycles. The molecule has 0 aromatic carbocycles. The monoisotopic (exact) mass is 298 g/mol. The van der Waals surface area contributed by atoms with E-state index in [9.17, 15) is 14.4 Å². The molecule has 0 bridgehead atoms. The first kappa shape index (κ1) is 16.2. The minimum atomic E-state index is -1.06. The van der Waals surface area contributed by atoms with Crippen molar-refractivity contribution in [2.75, 3.05) is 0 Å². The van der Waals surface area contributed by atoms with E-state index in [2.05, 4.69) is 5.32 Å². The van der Waals surface area contributed by atoms with E-state index in [1.165, 1.54) is 16.2 Å². The van der Waals surface area contributed by atoms with Crippen LogP contribution in [-0.4, -0.2) is 34.0 Å². The summed E-state index contributed by atoms with van der Waals surface area (Å²) >= 11 is 1.53. The van der Waals surface area contributed by atoms with Gasteiger partial charge in [0.05, 0.1) is 13.0 Å². The van der Waals surface area contributed by atoms with Crippen LogP contribution in [0.25, 0.3) is 0 Å². The van der Waals surface area contributed by atoms with E-state index < -0.39 is 17.9 Å². The van der Waals surface area contributed by atoms with Crippen LogP contribution in [-0.2, 0) is 16.1 Å². The number of nitrogens with one attached hydrogen (secondary N) is 1. The third kappa shape index (κ3) is 5.40. The number of carboxylic acids is 1. The topological polar surface area (TPSA) is 86.7 Å². The number of carboxylic acid groups (broad SMARTS) is 1. The molecule has 0 aliphatic rings. The van der Waals surface area contributed by atoms with Gasteiger partial charge in [-0.15, -0.1) is 11.3 Å². The Morgan fingerprint density at radius 3 is 2.55 bits per heavy atom. The Kier molecular flexibility index (Phi) is 6.17. The van der Waals surface area contributed by atoms with Crippen LogP contribution in [0.5, 0.6) is 0 Å². The lowest BCUT2D eigenvalue weighted by Crippen LogP contribution is -2.45. The zero-order valence-electron chi connectivity index (χ0n) is 11.5. The molecule has 1 aromatic heterocycles. The van der Waals surface area contributed by atoms with Crippen molar-refractivity contribution in [3.63, 3.8) is 0 Å². The minimum Gasteiger partial charge on any atom is -0.481 e. The number of urea groups is 1. The van der Waals surface area contributed by atoms with Gasteiger partial charge in [-0.05, 0) is 25.3 Å². The van der Waals surface area contributed by atoms with Crippen LogP contribution >= 0.6 is 11.3 Å². The van der Waals surface area contributed by atoms with Crippen LogP contribution in [0.2, 0.25) is 0 Å². The van der Waals surface area contributed by atoms with E-state index in [0.717, 1.165) is 4.88 Å². The molecule has 6 nitrogen and oxygen atoms in total. The highest BCUT2D eigenvalue weighted by molar-refractivity contribution is 7.09. The van der Waals surface area contributed by atoms with Gasteiger partial charge < -0.3 is 10.0 Å². The quantitative estimate of drug-likeness (QED) is 0.841. The molecule has 0 radical (unpaired) electrons. The molecule has 1 rings (SSSR count). The second kappa shape index (κ2) is 7.64. The van der Waals surface area contributed by atoms with Gasteiger partial charge in [-0.2, -0.15) is 0 Å². The van der Waals surface area contributed by atoms with E-state index in [1.54, 1.807) is 0 Å². The molecule has 1 aromatic rings. The summed E-state index contributed by atoms with van der Waals surface area (Å²) in [5, 5.41) is 12.6. The second-order valence-corrected chi connectivity index (χ2v) is 5.58. The van der Waals surface area contributed by atoms with Crippen molar-refractivity contribution in [3.8, 4) is 0 Å². The van der Waals surface area contributed by atoms with E-state index >= 15 is 0 Å². The average molecular weight is 298 g/mol. The Labute approximate surface area is 121 Å². The number of hydrogen-bond acceptors (Lipinski definition) is 4. The van der Waals surface area contributed by atoms with E-state index in [0.29, 0.717) is 6.54 Å². The van der Waals surface area contributed by atoms with Gasteiger partial charge in [-0.1, -0.05) is 6.07 Å².